The van der Waals surface area contributed by atoms with Crippen LogP contribution in [-0.4, -0.2) is 45.2 Å². The quantitative estimate of drug-likeness (QED) is 0.383. The van der Waals surface area contributed by atoms with Crippen molar-refractivity contribution in [1.29, 1.82) is 0 Å². The zero-order valence-electron chi connectivity index (χ0n) is 18.3. The molecule has 0 aromatic heterocycles. The summed E-state index contributed by atoms with van der Waals surface area (Å²) in [5.74, 6) is -1.11. The number of anilines is 1. The highest BCUT2D eigenvalue weighted by Crippen LogP contribution is 2.42. The van der Waals surface area contributed by atoms with E-state index >= 15 is 0 Å². The molecule has 2 aliphatic rings. The number of fused-ring (bicyclic) bond motifs is 2. The van der Waals surface area contributed by atoms with Gasteiger partial charge in [0, 0.05) is 54.0 Å². The van der Waals surface area contributed by atoms with Gasteiger partial charge in [0.15, 0.2) is 0 Å². The van der Waals surface area contributed by atoms with Gasteiger partial charge in [-0.25, -0.2) is 9.37 Å². The van der Waals surface area contributed by atoms with Crippen molar-refractivity contribution in [2.24, 2.45) is 5.73 Å². The van der Waals surface area contributed by atoms with Gasteiger partial charge in [0.1, 0.15) is 25.4 Å². The highest BCUT2D eigenvalue weighted by molar-refractivity contribution is 6.09. The lowest BCUT2D eigenvalue weighted by Crippen LogP contribution is -2.21. The summed E-state index contributed by atoms with van der Waals surface area (Å²) >= 11 is 0. The van der Waals surface area contributed by atoms with Gasteiger partial charge in [0.2, 0.25) is 11.3 Å². The van der Waals surface area contributed by atoms with Crippen molar-refractivity contribution in [3.8, 4) is 22.5 Å². The minimum atomic E-state index is -1.09. The number of aromatic carboxylic acids is 1. The first-order chi connectivity index (χ1) is 15.2. The molecule has 32 heavy (non-hydrogen) atoms. The van der Waals surface area contributed by atoms with Crippen molar-refractivity contribution in [3.63, 3.8) is 0 Å². The lowest BCUT2D eigenvalue weighted by molar-refractivity contribution is 0.0697. The first-order valence-corrected chi connectivity index (χ1v) is 10.0. The number of carbonyl (C=O) groups excluding carboxylic acids is 1. The molecule has 0 radical (unpaired) electrons. The zero-order valence-corrected chi connectivity index (χ0v) is 18.3. The van der Waals surface area contributed by atoms with Gasteiger partial charge in [0.05, 0.1) is 11.6 Å². The van der Waals surface area contributed by atoms with E-state index in [1.807, 2.05) is 74.1 Å². The summed E-state index contributed by atoms with van der Waals surface area (Å²) in [6.07, 6.45) is 0. The van der Waals surface area contributed by atoms with E-state index in [-0.39, 0.29) is 11.1 Å². The molecule has 162 valence electrons. The maximum atomic E-state index is 12.1. The number of nitrogens with two attached hydrogens (primary N) is 1. The van der Waals surface area contributed by atoms with Crippen LogP contribution < -0.4 is 20.6 Å². The Morgan fingerprint density at radius 2 is 1.72 bits per heavy atom. The second kappa shape index (κ2) is 7.85. The van der Waals surface area contributed by atoms with Crippen LogP contribution in [0.5, 0.6) is 0 Å². The molecule has 3 N–H and O–H groups in total. The molecule has 1 heterocycles. The fraction of sp³-hybridized carbons (Fsp3) is 0.160. The van der Waals surface area contributed by atoms with E-state index in [1.165, 1.54) is 12.1 Å². The average Bonchev–Trinajstić information content (AvgIpc) is 2.75. The van der Waals surface area contributed by atoms with Crippen LogP contribution in [0.4, 0.5) is 5.69 Å². The SMILES string of the molecule is CN(C)c1ccc2c(-c3cc(C(N)=O)ccc3C(=O)O)c3ccc(=[N+](C)C)cc-3oc2c1. The van der Waals surface area contributed by atoms with E-state index in [4.69, 9.17) is 10.2 Å². The van der Waals surface area contributed by atoms with Gasteiger partial charge in [-0.05, 0) is 42.0 Å². The third-order valence-electron chi connectivity index (χ3n) is 5.53. The van der Waals surface area contributed by atoms with Crippen LogP contribution in [0.25, 0.3) is 33.4 Å². The van der Waals surface area contributed by atoms with Gasteiger partial charge in [-0.2, -0.15) is 0 Å². The minimum Gasteiger partial charge on any atom is -0.478 e. The van der Waals surface area contributed by atoms with Crippen LogP contribution >= 0.6 is 0 Å². The first kappa shape index (κ1) is 21.1. The van der Waals surface area contributed by atoms with Crippen LogP contribution in [-0.2, 0) is 0 Å². The van der Waals surface area contributed by atoms with Crippen LogP contribution in [0.2, 0.25) is 0 Å². The summed E-state index contributed by atoms with van der Waals surface area (Å²) in [6.45, 7) is 0. The van der Waals surface area contributed by atoms with Crippen molar-refractivity contribution in [1.82, 2.24) is 4.58 Å². The molecule has 0 unspecified atom stereocenters. The van der Waals surface area contributed by atoms with Crippen LogP contribution in [0.3, 0.4) is 0 Å². The molecule has 0 bridgehead atoms. The zero-order chi connectivity index (χ0) is 23.2. The van der Waals surface area contributed by atoms with E-state index in [2.05, 4.69) is 0 Å². The van der Waals surface area contributed by atoms with E-state index in [0.29, 0.717) is 22.5 Å². The molecule has 7 heteroatoms. The Labute approximate surface area is 185 Å². The second-order valence-electron chi connectivity index (χ2n) is 8.06. The molecule has 0 saturated carbocycles. The number of nitrogens with zero attached hydrogens (tertiary/aromatic N) is 2. The van der Waals surface area contributed by atoms with Gasteiger partial charge in [0.25, 0.3) is 0 Å². The molecule has 1 amide bonds. The monoisotopic (exact) mass is 430 g/mol. The summed E-state index contributed by atoms with van der Waals surface area (Å²) < 4.78 is 8.24. The van der Waals surface area contributed by atoms with Gasteiger partial charge in [-0.1, -0.05) is 0 Å². The molecule has 0 fully saturated rings. The summed E-state index contributed by atoms with van der Waals surface area (Å²) in [5, 5.41) is 11.6. The molecule has 2 aromatic carbocycles. The topological polar surface area (TPSA) is 99.8 Å². The summed E-state index contributed by atoms with van der Waals surface area (Å²) in [4.78, 5) is 25.9. The number of amides is 1. The molecular weight excluding hydrogens is 406 g/mol. The third-order valence-corrected chi connectivity index (χ3v) is 5.53. The summed E-state index contributed by atoms with van der Waals surface area (Å²) in [7, 11) is 7.75. The predicted molar refractivity (Wildman–Crippen MR) is 125 cm³/mol. The number of benzene rings is 3. The van der Waals surface area contributed by atoms with Crippen molar-refractivity contribution >= 4 is 28.5 Å². The molecule has 2 aromatic rings. The normalized spacial score (nSPS) is 11.0. The lowest BCUT2D eigenvalue weighted by atomic mass is 9.89. The van der Waals surface area contributed by atoms with Crippen molar-refractivity contribution in [2.45, 2.75) is 0 Å². The Balaban J connectivity index is 2.21. The van der Waals surface area contributed by atoms with E-state index in [1.54, 1.807) is 6.07 Å². The number of primary amides is 1. The molecule has 0 atom stereocenters. The molecule has 7 nitrogen and oxygen atoms in total. The smallest absolute Gasteiger partial charge is 0.336 e. The number of carboxylic acids is 1. The minimum absolute atomic E-state index is 0.0807. The maximum absolute atomic E-state index is 12.1. The Morgan fingerprint density at radius 1 is 0.969 bits per heavy atom. The Hall–Kier alpha value is -4.13. The highest BCUT2D eigenvalue weighted by atomic mass is 16.4. The van der Waals surface area contributed by atoms with Crippen molar-refractivity contribution in [2.75, 3.05) is 33.1 Å². The van der Waals surface area contributed by atoms with Gasteiger partial charge in [-0.15, -0.1) is 0 Å². The second-order valence-corrected chi connectivity index (χ2v) is 8.06. The van der Waals surface area contributed by atoms with Gasteiger partial charge >= 0.3 is 5.97 Å². The van der Waals surface area contributed by atoms with Crippen molar-refractivity contribution < 1.29 is 19.1 Å². The molecule has 1 aliphatic heterocycles. The van der Waals surface area contributed by atoms with Crippen molar-refractivity contribution in [3.05, 3.63) is 71.1 Å². The Bertz CT molecular complexity index is 1430. The summed E-state index contributed by atoms with van der Waals surface area (Å²) in [5.41, 5.74) is 9.20. The average molecular weight is 430 g/mol. The third kappa shape index (κ3) is 3.58. The summed E-state index contributed by atoms with van der Waals surface area (Å²) in [6, 6.07) is 15.9. The molecule has 1 aliphatic carbocycles. The number of rotatable bonds is 4. The number of carbonyl (C=O) groups is 2. The standard InChI is InChI=1S/C25H23N3O4/c1-27(2)15-6-9-18-21(12-15)32-22-13-16(28(3)4)7-10-19(22)23(18)20-11-14(24(26)29)5-8-17(20)25(30)31/h5-13H,1-4H3,(H2-,26,29,30,31)/p+1. The van der Waals surface area contributed by atoms with Crippen LogP contribution in [0.1, 0.15) is 20.7 Å². The molecule has 0 saturated heterocycles. The number of hydrogen-bond acceptors (Lipinski definition) is 4. The number of carboxylic acid groups (broad SMARTS) is 1. The van der Waals surface area contributed by atoms with E-state index < -0.39 is 11.9 Å². The Kier molecular flexibility index (Phi) is 5.18. The Morgan fingerprint density at radius 3 is 2.34 bits per heavy atom. The van der Waals surface area contributed by atoms with E-state index in [0.717, 1.165) is 22.0 Å². The maximum Gasteiger partial charge on any atom is 0.336 e. The first-order valence-electron chi connectivity index (χ1n) is 10.0. The fourth-order valence-corrected chi connectivity index (χ4v) is 3.80. The van der Waals surface area contributed by atoms with Gasteiger partial charge in [-0.3, -0.25) is 4.79 Å². The van der Waals surface area contributed by atoms with Gasteiger partial charge < -0.3 is 20.2 Å². The lowest BCUT2D eigenvalue weighted by Gasteiger charge is -2.19. The molecule has 4 rings (SSSR count). The largest absolute Gasteiger partial charge is 0.478 e. The van der Waals surface area contributed by atoms with E-state index in [9.17, 15) is 14.7 Å². The highest BCUT2D eigenvalue weighted by Gasteiger charge is 2.23. The molecular formula is C25H24N3O4+. The molecule has 0 spiro atoms. The predicted octanol–water partition coefficient (Wildman–Crippen LogP) is 3.10. The fourth-order valence-electron chi connectivity index (χ4n) is 3.80. The van der Waals surface area contributed by atoms with Crippen LogP contribution in [0.15, 0.2) is 59.0 Å². The van der Waals surface area contributed by atoms with Crippen LogP contribution in [0, 0.1) is 0 Å². The number of hydrogen-bond donors (Lipinski definition) is 2.